The van der Waals surface area contributed by atoms with Gasteiger partial charge in [-0.15, -0.1) is 10.2 Å². The van der Waals surface area contributed by atoms with E-state index in [1.165, 1.54) is 11.3 Å². The van der Waals surface area contributed by atoms with Gasteiger partial charge in [-0.1, -0.05) is 35.4 Å². The molecule has 0 atom stereocenters. The number of aromatic nitrogens is 2. The number of benzene rings is 2. The maximum absolute atomic E-state index is 6.10. The molecule has 1 aromatic heterocycles. The average Bonchev–Trinajstić information content (AvgIpc) is 3.11. The van der Waals surface area contributed by atoms with Crippen LogP contribution >= 0.6 is 11.6 Å². The lowest BCUT2D eigenvalue weighted by atomic mass is 10.1. The minimum Gasteiger partial charge on any atom is -0.419 e. The summed E-state index contributed by atoms with van der Waals surface area (Å²) in [5, 5.41) is 9.19. The summed E-state index contributed by atoms with van der Waals surface area (Å²) in [6, 6.07) is 16.1. The first-order valence-corrected chi connectivity index (χ1v) is 9.17. The molecular formula is C20H21ClN4O. The second-order valence-corrected chi connectivity index (χ2v) is 7.05. The first kappa shape index (κ1) is 17.1. The summed E-state index contributed by atoms with van der Waals surface area (Å²) in [5.74, 6) is 1.25. The van der Waals surface area contributed by atoms with E-state index in [0.717, 1.165) is 36.8 Å². The van der Waals surface area contributed by atoms with Gasteiger partial charge in [-0.3, -0.25) is 4.90 Å². The van der Waals surface area contributed by atoms with Crippen molar-refractivity contribution in [3.63, 3.8) is 0 Å². The van der Waals surface area contributed by atoms with Gasteiger partial charge < -0.3 is 9.32 Å². The van der Waals surface area contributed by atoms with Crippen LogP contribution in [0.25, 0.3) is 11.5 Å². The minimum absolute atomic E-state index is 0.585. The molecule has 2 heterocycles. The van der Waals surface area contributed by atoms with Gasteiger partial charge in [0.2, 0.25) is 11.8 Å². The Labute approximate surface area is 158 Å². The van der Waals surface area contributed by atoms with Crippen LogP contribution in [-0.4, -0.2) is 41.3 Å². The number of hydrogen-bond acceptors (Lipinski definition) is 5. The predicted octanol–water partition coefficient (Wildman–Crippen LogP) is 4.02. The Hall–Kier alpha value is -2.37. The molecule has 1 fully saturated rings. The lowest BCUT2D eigenvalue weighted by Gasteiger charge is -2.35. The van der Waals surface area contributed by atoms with Crippen LogP contribution in [0.4, 0.5) is 5.69 Å². The van der Waals surface area contributed by atoms with Crippen molar-refractivity contribution in [3.8, 4) is 11.5 Å². The maximum atomic E-state index is 6.10. The number of aryl methyl sites for hydroxylation is 1. The smallest absolute Gasteiger partial charge is 0.247 e. The Kier molecular flexibility index (Phi) is 4.91. The van der Waals surface area contributed by atoms with Gasteiger partial charge in [0, 0.05) is 42.5 Å². The standard InChI is InChI=1S/C20H21ClN4O/c1-15-4-2-5-16(12-15)20-23-22-19(26-20)14-24-8-10-25(11-9-24)18-7-3-6-17(21)13-18/h2-7,12-13H,8-11,14H2,1H3. The van der Waals surface area contributed by atoms with Gasteiger partial charge in [0.1, 0.15) is 0 Å². The van der Waals surface area contributed by atoms with E-state index in [4.69, 9.17) is 16.0 Å². The number of hydrogen-bond donors (Lipinski definition) is 0. The summed E-state index contributed by atoms with van der Waals surface area (Å²) in [6.45, 7) is 6.56. The molecule has 1 saturated heterocycles. The molecule has 6 heteroatoms. The van der Waals surface area contributed by atoms with E-state index in [1.54, 1.807) is 0 Å². The van der Waals surface area contributed by atoms with Crippen LogP contribution in [0.3, 0.4) is 0 Å². The Morgan fingerprint density at radius 2 is 1.81 bits per heavy atom. The zero-order valence-corrected chi connectivity index (χ0v) is 15.5. The van der Waals surface area contributed by atoms with E-state index >= 15 is 0 Å². The largest absolute Gasteiger partial charge is 0.419 e. The van der Waals surface area contributed by atoms with E-state index in [2.05, 4.69) is 45.1 Å². The first-order chi connectivity index (χ1) is 12.7. The number of piperazine rings is 1. The highest BCUT2D eigenvalue weighted by molar-refractivity contribution is 6.30. The highest BCUT2D eigenvalue weighted by Gasteiger charge is 2.19. The van der Waals surface area contributed by atoms with Crippen molar-refractivity contribution >= 4 is 17.3 Å². The van der Waals surface area contributed by atoms with Crippen molar-refractivity contribution in [2.75, 3.05) is 31.1 Å². The summed E-state index contributed by atoms with van der Waals surface area (Å²) in [7, 11) is 0. The Morgan fingerprint density at radius 3 is 2.58 bits per heavy atom. The molecule has 0 aliphatic carbocycles. The van der Waals surface area contributed by atoms with Crippen LogP contribution in [0.5, 0.6) is 0 Å². The van der Waals surface area contributed by atoms with E-state index in [9.17, 15) is 0 Å². The number of halogens is 1. The van der Waals surface area contributed by atoms with Gasteiger partial charge >= 0.3 is 0 Å². The fourth-order valence-corrected chi connectivity index (χ4v) is 3.43. The summed E-state index contributed by atoms with van der Waals surface area (Å²) >= 11 is 6.10. The minimum atomic E-state index is 0.585. The fourth-order valence-electron chi connectivity index (χ4n) is 3.24. The molecule has 0 spiro atoms. The molecule has 26 heavy (non-hydrogen) atoms. The van der Waals surface area contributed by atoms with Crippen molar-refractivity contribution in [1.82, 2.24) is 15.1 Å². The summed E-state index contributed by atoms with van der Waals surface area (Å²) in [5.41, 5.74) is 3.32. The molecule has 0 unspecified atom stereocenters. The molecule has 2 aromatic carbocycles. The van der Waals surface area contributed by atoms with E-state index in [0.29, 0.717) is 18.3 Å². The summed E-state index contributed by atoms with van der Waals surface area (Å²) < 4.78 is 5.86. The summed E-state index contributed by atoms with van der Waals surface area (Å²) in [4.78, 5) is 4.70. The van der Waals surface area contributed by atoms with Crippen molar-refractivity contribution in [3.05, 3.63) is 65.0 Å². The molecule has 0 bridgehead atoms. The van der Waals surface area contributed by atoms with Gasteiger partial charge in [-0.25, -0.2) is 0 Å². The van der Waals surface area contributed by atoms with Crippen molar-refractivity contribution in [2.45, 2.75) is 13.5 Å². The number of anilines is 1. The number of nitrogens with zero attached hydrogens (tertiary/aromatic N) is 4. The van der Waals surface area contributed by atoms with E-state index in [1.807, 2.05) is 30.3 Å². The van der Waals surface area contributed by atoms with Crippen LogP contribution < -0.4 is 4.90 Å². The molecule has 0 N–H and O–H groups in total. The highest BCUT2D eigenvalue weighted by Crippen LogP contribution is 2.22. The average molecular weight is 369 g/mol. The van der Waals surface area contributed by atoms with Crippen LogP contribution in [-0.2, 0) is 6.54 Å². The lowest BCUT2D eigenvalue weighted by Crippen LogP contribution is -2.46. The fraction of sp³-hybridized carbons (Fsp3) is 0.300. The van der Waals surface area contributed by atoms with Gasteiger partial charge in [-0.05, 0) is 37.3 Å². The van der Waals surface area contributed by atoms with E-state index in [-0.39, 0.29) is 0 Å². The Morgan fingerprint density at radius 1 is 1.00 bits per heavy atom. The maximum Gasteiger partial charge on any atom is 0.247 e. The van der Waals surface area contributed by atoms with Crippen LogP contribution in [0, 0.1) is 6.92 Å². The lowest BCUT2D eigenvalue weighted by molar-refractivity contribution is 0.227. The molecule has 4 rings (SSSR count). The van der Waals surface area contributed by atoms with Gasteiger partial charge in [-0.2, -0.15) is 0 Å². The molecule has 0 amide bonds. The zero-order chi connectivity index (χ0) is 17.9. The molecule has 0 radical (unpaired) electrons. The monoisotopic (exact) mass is 368 g/mol. The van der Waals surface area contributed by atoms with Crippen molar-refractivity contribution in [2.24, 2.45) is 0 Å². The van der Waals surface area contributed by atoms with E-state index < -0.39 is 0 Å². The molecule has 1 aliphatic rings. The second kappa shape index (κ2) is 7.48. The molecule has 0 saturated carbocycles. The zero-order valence-electron chi connectivity index (χ0n) is 14.7. The second-order valence-electron chi connectivity index (χ2n) is 6.61. The SMILES string of the molecule is Cc1cccc(-c2nnc(CN3CCN(c4cccc(Cl)c4)CC3)o2)c1. The normalized spacial score (nSPS) is 15.4. The number of rotatable bonds is 4. The summed E-state index contributed by atoms with van der Waals surface area (Å²) in [6.07, 6.45) is 0. The molecule has 3 aromatic rings. The Balaban J connectivity index is 1.36. The van der Waals surface area contributed by atoms with Gasteiger partial charge in [0.15, 0.2) is 0 Å². The Bertz CT molecular complexity index is 887. The molecule has 5 nitrogen and oxygen atoms in total. The first-order valence-electron chi connectivity index (χ1n) is 8.80. The van der Waals surface area contributed by atoms with Gasteiger partial charge in [0.25, 0.3) is 0 Å². The van der Waals surface area contributed by atoms with Gasteiger partial charge in [0.05, 0.1) is 6.54 Å². The highest BCUT2D eigenvalue weighted by atomic mass is 35.5. The van der Waals surface area contributed by atoms with Crippen molar-refractivity contribution in [1.29, 1.82) is 0 Å². The van der Waals surface area contributed by atoms with Crippen LogP contribution in [0.2, 0.25) is 5.02 Å². The third-order valence-electron chi connectivity index (χ3n) is 4.64. The molecule has 1 aliphatic heterocycles. The van der Waals surface area contributed by atoms with Crippen LogP contribution in [0.1, 0.15) is 11.5 Å². The third kappa shape index (κ3) is 3.89. The topological polar surface area (TPSA) is 45.4 Å². The third-order valence-corrected chi connectivity index (χ3v) is 4.87. The van der Waals surface area contributed by atoms with Crippen LogP contribution in [0.15, 0.2) is 52.9 Å². The predicted molar refractivity (Wildman–Crippen MR) is 103 cm³/mol. The quantitative estimate of drug-likeness (QED) is 0.696. The molecular weight excluding hydrogens is 348 g/mol. The molecule has 134 valence electrons. The van der Waals surface area contributed by atoms with Crippen molar-refractivity contribution < 1.29 is 4.42 Å².